The van der Waals surface area contributed by atoms with Crippen molar-refractivity contribution in [2.45, 2.75) is 13.3 Å². The summed E-state index contributed by atoms with van der Waals surface area (Å²) in [6.07, 6.45) is 1.04. The number of aromatic nitrogens is 1. The molecule has 12 heavy (non-hydrogen) atoms. The molecule has 0 unspecified atom stereocenters. The molecule has 1 nitrogen and oxygen atoms in total. The van der Waals surface area contributed by atoms with Crippen LogP contribution in [0.2, 0.25) is 0 Å². The highest BCUT2D eigenvalue weighted by atomic mass is 127. The predicted octanol–water partition coefficient (Wildman–Crippen LogP) is 3.46. The summed E-state index contributed by atoms with van der Waals surface area (Å²) in [4.78, 5) is 4.51. The van der Waals surface area contributed by atoms with E-state index in [2.05, 4.69) is 52.7 Å². The second kappa shape index (κ2) is 3.30. The number of hydrogen-bond acceptors (Lipinski definition) is 2. The molecule has 0 saturated carbocycles. The monoisotopic (exact) mass is 289 g/mol. The van der Waals surface area contributed by atoms with Crippen molar-refractivity contribution in [3.05, 3.63) is 26.8 Å². The fourth-order valence-electron chi connectivity index (χ4n) is 1.10. The number of aryl methyl sites for hydroxylation is 1. The molecule has 0 aliphatic rings. The lowest BCUT2D eigenvalue weighted by Gasteiger charge is -1.87. The van der Waals surface area contributed by atoms with Crippen LogP contribution in [0.1, 0.15) is 11.9 Å². The van der Waals surface area contributed by atoms with Crippen LogP contribution in [-0.4, -0.2) is 4.98 Å². The zero-order valence-electron chi connectivity index (χ0n) is 6.67. The molecule has 0 N–H and O–H groups in total. The Bertz CT molecular complexity index is 408. The summed E-state index contributed by atoms with van der Waals surface area (Å²) in [5, 5.41) is 1.23. The zero-order valence-corrected chi connectivity index (χ0v) is 9.65. The van der Waals surface area contributed by atoms with Gasteiger partial charge in [-0.1, -0.05) is 6.92 Å². The molecule has 0 spiro atoms. The molecule has 0 saturated heterocycles. The summed E-state index contributed by atoms with van der Waals surface area (Å²) in [5.74, 6) is 0. The Labute approximate surface area is 89.0 Å². The largest absolute Gasteiger partial charge is 0.241 e. The Morgan fingerprint density at radius 1 is 1.50 bits per heavy atom. The highest BCUT2D eigenvalue weighted by Gasteiger charge is 2.01. The van der Waals surface area contributed by atoms with Crippen LogP contribution < -0.4 is 0 Å². The standard InChI is InChI=1S/C9H8INS/c1-2-9-11-7-5-6(10)3-4-8(7)12-9/h3-5H,2H2,1H3. The molecule has 2 aromatic rings. The van der Waals surface area contributed by atoms with Gasteiger partial charge in [0.15, 0.2) is 0 Å². The van der Waals surface area contributed by atoms with Gasteiger partial charge in [-0.25, -0.2) is 4.98 Å². The van der Waals surface area contributed by atoms with Crippen molar-refractivity contribution < 1.29 is 0 Å². The van der Waals surface area contributed by atoms with Crippen LogP contribution >= 0.6 is 33.9 Å². The van der Waals surface area contributed by atoms with E-state index >= 15 is 0 Å². The number of rotatable bonds is 1. The van der Waals surface area contributed by atoms with E-state index in [-0.39, 0.29) is 0 Å². The minimum atomic E-state index is 1.04. The van der Waals surface area contributed by atoms with E-state index in [0.29, 0.717) is 0 Å². The molecule has 0 bridgehead atoms. The number of fused-ring (bicyclic) bond motifs is 1. The molecular weight excluding hydrogens is 281 g/mol. The van der Waals surface area contributed by atoms with Crippen LogP contribution in [0, 0.1) is 3.57 Å². The Balaban J connectivity index is 2.67. The third kappa shape index (κ3) is 1.47. The van der Waals surface area contributed by atoms with E-state index in [4.69, 9.17) is 0 Å². The average Bonchev–Trinajstić information content (AvgIpc) is 2.46. The van der Waals surface area contributed by atoms with Crippen molar-refractivity contribution in [2.24, 2.45) is 0 Å². The highest BCUT2D eigenvalue weighted by molar-refractivity contribution is 14.1. The van der Waals surface area contributed by atoms with Gasteiger partial charge in [-0.05, 0) is 47.2 Å². The number of nitrogens with zero attached hydrogens (tertiary/aromatic N) is 1. The normalized spacial score (nSPS) is 10.8. The van der Waals surface area contributed by atoms with Gasteiger partial charge in [0, 0.05) is 3.57 Å². The Hall–Kier alpha value is -0.160. The topological polar surface area (TPSA) is 12.9 Å². The third-order valence-corrected chi connectivity index (χ3v) is 3.55. The van der Waals surface area contributed by atoms with Gasteiger partial charge in [0.05, 0.1) is 15.2 Å². The maximum Gasteiger partial charge on any atom is 0.0935 e. The predicted molar refractivity (Wildman–Crippen MR) is 61.7 cm³/mol. The first-order chi connectivity index (χ1) is 5.79. The van der Waals surface area contributed by atoms with Crippen LogP contribution in [0.5, 0.6) is 0 Å². The van der Waals surface area contributed by atoms with Gasteiger partial charge in [-0.2, -0.15) is 0 Å². The van der Waals surface area contributed by atoms with Gasteiger partial charge < -0.3 is 0 Å². The molecule has 2 rings (SSSR count). The van der Waals surface area contributed by atoms with Crippen molar-refractivity contribution in [1.29, 1.82) is 0 Å². The summed E-state index contributed by atoms with van der Waals surface area (Å²) < 4.78 is 2.56. The lowest BCUT2D eigenvalue weighted by Crippen LogP contribution is -1.74. The summed E-state index contributed by atoms with van der Waals surface area (Å²) in [7, 11) is 0. The van der Waals surface area contributed by atoms with Gasteiger partial charge in [0.25, 0.3) is 0 Å². The second-order valence-electron chi connectivity index (χ2n) is 2.57. The second-order valence-corrected chi connectivity index (χ2v) is 4.93. The minimum Gasteiger partial charge on any atom is -0.241 e. The first kappa shape index (κ1) is 8.44. The first-order valence-electron chi connectivity index (χ1n) is 3.84. The SMILES string of the molecule is CCc1nc2cc(I)ccc2s1. The van der Waals surface area contributed by atoms with Crippen LogP contribution in [0.3, 0.4) is 0 Å². The first-order valence-corrected chi connectivity index (χ1v) is 5.74. The smallest absolute Gasteiger partial charge is 0.0935 e. The van der Waals surface area contributed by atoms with Crippen molar-refractivity contribution in [1.82, 2.24) is 4.98 Å². The Kier molecular flexibility index (Phi) is 2.32. The quantitative estimate of drug-likeness (QED) is 0.733. The lowest BCUT2D eigenvalue weighted by atomic mass is 10.3. The molecule has 1 aromatic carbocycles. The molecule has 0 atom stereocenters. The molecule has 62 valence electrons. The van der Waals surface area contributed by atoms with Crippen molar-refractivity contribution in [2.75, 3.05) is 0 Å². The van der Waals surface area contributed by atoms with Crippen LogP contribution in [0.15, 0.2) is 18.2 Å². The van der Waals surface area contributed by atoms with E-state index in [0.717, 1.165) is 11.9 Å². The fourth-order valence-corrected chi connectivity index (χ4v) is 2.46. The van der Waals surface area contributed by atoms with Gasteiger partial charge >= 0.3 is 0 Å². The highest BCUT2D eigenvalue weighted by Crippen LogP contribution is 2.23. The van der Waals surface area contributed by atoms with Crippen molar-refractivity contribution in [3.63, 3.8) is 0 Å². The maximum atomic E-state index is 4.51. The van der Waals surface area contributed by atoms with E-state index in [1.54, 1.807) is 11.3 Å². The van der Waals surface area contributed by atoms with E-state index in [9.17, 15) is 0 Å². The molecule has 0 radical (unpaired) electrons. The van der Waals surface area contributed by atoms with Gasteiger partial charge in [0.2, 0.25) is 0 Å². The molecule has 0 amide bonds. The summed E-state index contributed by atoms with van der Waals surface area (Å²) in [5.41, 5.74) is 1.14. The third-order valence-electron chi connectivity index (χ3n) is 1.70. The number of benzene rings is 1. The van der Waals surface area contributed by atoms with Gasteiger partial charge in [-0.15, -0.1) is 11.3 Å². The van der Waals surface area contributed by atoms with E-state index in [1.807, 2.05) is 0 Å². The fraction of sp³-hybridized carbons (Fsp3) is 0.222. The van der Waals surface area contributed by atoms with Crippen molar-refractivity contribution >= 4 is 44.1 Å². The van der Waals surface area contributed by atoms with E-state index < -0.39 is 0 Å². The molecule has 3 heteroatoms. The molecule has 0 fully saturated rings. The van der Waals surface area contributed by atoms with Gasteiger partial charge in [0.1, 0.15) is 0 Å². The lowest BCUT2D eigenvalue weighted by molar-refractivity contribution is 1.11. The number of halogens is 1. The molecule has 1 aromatic heterocycles. The van der Waals surface area contributed by atoms with Gasteiger partial charge in [-0.3, -0.25) is 0 Å². The Morgan fingerprint density at radius 2 is 2.33 bits per heavy atom. The number of hydrogen-bond donors (Lipinski definition) is 0. The molecular formula is C9H8INS. The molecule has 1 heterocycles. The molecule has 0 aliphatic heterocycles. The maximum absolute atomic E-state index is 4.51. The van der Waals surface area contributed by atoms with Crippen LogP contribution in [0.4, 0.5) is 0 Å². The Morgan fingerprint density at radius 3 is 3.08 bits per heavy atom. The number of thiazole rings is 1. The van der Waals surface area contributed by atoms with E-state index in [1.165, 1.54) is 13.3 Å². The molecule has 0 aliphatic carbocycles. The van der Waals surface area contributed by atoms with Crippen LogP contribution in [0.25, 0.3) is 10.2 Å². The summed E-state index contributed by atoms with van der Waals surface area (Å²) >= 11 is 4.11. The summed E-state index contributed by atoms with van der Waals surface area (Å²) in [6.45, 7) is 2.14. The summed E-state index contributed by atoms with van der Waals surface area (Å²) in [6, 6.07) is 6.40. The minimum absolute atomic E-state index is 1.04. The van der Waals surface area contributed by atoms with Crippen molar-refractivity contribution in [3.8, 4) is 0 Å². The van der Waals surface area contributed by atoms with Crippen LogP contribution in [-0.2, 0) is 6.42 Å². The zero-order chi connectivity index (χ0) is 8.55. The average molecular weight is 289 g/mol.